The summed E-state index contributed by atoms with van der Waals surface area (Å²) in [6, 6.07) is 11.1. The third-order valence-electron chi connectivity index (χ3n) is 9.03. The van der Waals surface area contributed by atoms with Crippen molar-refractivity contribution in [1.82, 2.24) is 15.0 Å². The number of amides is 1. The maximum Gasteiger partial charge on any atom is 0.424 e. The maximum atomic E-state index is 12.7. The van der Waals surface area contributed by atoms with Gasteiger partial charge in [-0.1, -0.05) is 10.4 Å². The van der Waals surface area contributed by atoms with Crippen molar-refractivity contribution in [2.24, 2.45) is 26.2 Å². The molecule has 0 saturated heterocycles. The van der Waals surface area contributed by atoms with E-state index in [9.17, 15) is 78.6 Å². The Morgan fingerprint density at radius 1 is 0.658 bits per heavy atom. The number of phenols is 1. The Labute approximate surface area is 414 Å². The molecule has 0 unspecified atom stereocenters. The van der Waals surface area contributed by atoms with Gasteiger partial charge in [0, 0.05) is 11.3 Å². The van der Waals surface area contributed by atoms with Gasteiger partial charge in [-0.05, 0) is 83.7 Å². The van der Waals surface area contributed by atoms with Crippen molar-refractivity contribution in [3.63, 3.8) is 0 Å². The number of fused-ring (bicyclic) bond motifs is 1. The number of azo groups is 2. The summed E-state index contributed by atoms with van der Waals surface area (Å²) < 4.78 is 200. The van der Waals surface area contributed by atoms with Crippen molar-refractivity contribution in [3.8, 4) is 5.75 Å². The molecule has 73 heavy (non-hydrogen) atoms. The van der Waals surface area contributed by atoms with Crippen LogP contribution in [0.15, 0.2) is 118 Å². The lowest BCUT2D eigenvalue weighted by Crippen LogP contribution is -2.14. The van der Waals surface area contributed by atoms with Gasteiger partial charge in [-0.15, -0.1) is 15.3 Å². The molecule has 0 fully saturated rings. The first-order valence-electron chi connectivity index (χ1n) is 18.6. The van der Waals surface area contributed by atoms with Gasteiger partial charge in [0.1, 0.15) is 36.6 Å². The zero-order valence-electron chi connectivity index (χ0n) is 35.3. The number of sulfone groups is 1. The van der Waals surface area contributed by atoms with Gasteiger partial charge < -0.3 is 27.2 Å². The molecule has 39 heteroatoms. The lowest BCUT2D eigenvalue weighted by Gasteiger charge is -2.15. The Bertz CT molecular complexity index is 4040. The number of nitrogens with zero attached hydrogens (tertiary/aromatic N) is 7. The summed E-state index contributed by atoms with van der Waals surface area (Å²) in [5.41, 5.74) is 6.25. The van der Waals surface area contributed by atoms with Crippen molar-refractivity contribution in [2.45, 2.75) is 24.5 Å². The minimum Gasteiger partial charge on any atom is -0.505 e. The van der Waals surface area contributed by atoms with E-state index in [2.05, 4.69) is 55.3 Å². The highest BCUT2D eigenvalue weighted by molar-refractivity contribution is 7.91. The predicted molar refractivity (Wildman–Crippen MR) is 248 cm³/mol. The van der Waals surface area contributed by atoms with Gasteiger partial charge >= 0.3 is 10.4 Å². The minimum atomic E-state index is -5.62. The second kappa shape index (κ2) is 20.5. The predicted octanol–water partition coefficient (Wildman–Crippen LogP) is 3.89. The van der Waals surface area contributed by atoms with E-state index >= 15 is 0 Å². The van der Waals surface area contributed by atoms with Crippen LogP contribution in [-0.2, 0) is 69.9 Å². The Morgan fingerprint density at radius 3 is 1.78 bits per heavy atom. The summed E-state index contributed by atoms with van der Waals surface area (Å²) in [4.78, 5) is 21.7. The number of hydrogen-bond donors (Lipinski definition) is 10. The second-order valence-electron chi connectivity index (χ2n) is 14.0. The van der Waals surface area contributed by atoms with Crippen LogP contribution in [0.5, 0.6) is 5.75 Å². The summed E-state index contributed by atoms with van der Waals surface area (Å²) >= 11 is 6.06. The third-order valence-corrected chi connectivity index (χ3v) is 14.7. The van der Waals surface area contributed by atoms with Crippen LogP contribution in [0.3, 0.4) is 0 Å². The molecule has 0 aliphatic carbocycles. The van der Waals surface area contributed by atoms with E-state index in [-0.39, 0.29) is 27.9 Å². The highest BCUT2D eigenvalue weighted by Gasteiger charge is 2.30. The number of phenolic OH excluding ortho intramolecular Hbond substituents is 1. The van der Waals surface area contributed by atoms with E-state index in [1.165, 1.54) is 30.3 Å². The quantitative estimate of drug-likeness (QED) is 0.0137. The summed E-state index contributed by atoms with van der Waals surface area (Å²) in [5, 5.41) is 29.0. The van der Waals surface area contributed by atoms with E-state index in [1.807, 2.05) is 0 Å². The number of nitrogens with two attached hydrogens (primary N) is 2. The fourth-order valence-electron chi connectivity index (χ4n) is 6.00. The van der Waals surface area contributed by atoms with Crippen LogP contribution in [0, 0.1) is 0 Å². The van der Waals surface area contributed by atoms with Crippen LogP contribution in [0.25, 0.3) is 10.8 Å². The molecule has 0 bridgehead atoms. The Hall–Kier alpha value is -7.05. The molecule has 12 N–H and O–H groups in total. The first-order valence-corrected chi connectivity index (χ1v) is 27.8. The van der Waals surface area contributed by atoms with Crippen molar-refractivity contribution in [3.05, 3.63) is 83.6 Å². The van der Waals surface area contributed by atoms with Gasteiger partial charge in [0.05, 0.1) is 39.7 Å². The van der Waals surface area contributed by atoms with Crippen molar-refractivity contribution < 1.29 is 92.4 Å². The number of rotatable bonds is 19. The van der Waals surface area contributed by atoms with Crippen LogP contribution in [0.1, 0.15) is 10.4 Å². The first-order chi connectivity index (χ1) is 33.6. The van der Waals surface area contributed by atoms with Crippen LogP contribution in [0.2, 0.25) is 5.28 Å². The van der Waals surface area contributed by atoms with Gasteiger partial charge in [0.2, 0.25) is 23.1 Å². The molecule has 0 spiro atoms. The van der Waals surface area contributed by atoms with Gasteiger partial charge in [-0.25, -0.2) is 13.3 Å². The van der Waals surface area contributed by atoms with Crippen LogP contribution >= 0.6 is 11.6 Å². The largest absolute Gasteiger partial charge is 0.505 e. The maximum absolute atomic E-state index is 12.7. The molecule has 388 valence electrons. The minimum absolute atomic E-state index is 0.0618. The Kier molecular flexibility index (Phi) is 15.5. The number of nitrogens with one attached hydrogen (secondary N) is 2. The average Bonchev–Trinajstić information content (AvgIpc) is 3.25. The van der Waals surface area contributed by atoms with Gasteiger partial charge in [-0.3, -0.25) is 27.6 Å². The number of benzene rings is 5. The van der Waals surface area contributed by atoms with Gasteiger partial charge in [0.15, 0.2) is 15.6 Å². The average molecular weight is 1150 g/mol. The fourth-order valence-corrected chi connectivity index (χ4v) is 10.1. The van der Waals surface area contributed by atoms with E-state index in [1.54, 1.807) is 0 Å². The van der Waals surface area contributed by atoms with E-state index in [0.29, 0.717) is 18.2 Å². The molecule has 0 atom stereocenters. The molecule has 5 aromatic carbocycles. The number of halogens is 1. The molecule has 1 amide bonds. The molecule has 0 radical (unpaired) electrons. The highest BCUT2D eigenvalue weighted by Crippen LogP contribution is 2.49. The molecule has 0 aliphatic heterocycles. The topological polar surface area (TPSA) is 526 Å². The number of nitrogen functional groups attached to an aromatic ring is 1. The zero-order chi connectivity index (χ0) is 54.2. The summed E-state index contributed by atoms with van der Waals surface area (Å²) in [5.74, 6) is -4.22. The van der Waals surface area contributed by atoms with Crippen molar-refractivity contribution in [1.29, 1.82) is 0 Å². The molecular formula is C34H28ClN11O21S6. The Balaban J connectivity index is 1.44. The number of anilines is 5. The van der Waals surface area contributed by atoms with Crippen molar-refractivity contribution in [2.75, 3.05) is 28.7 Å². The molecular weight excluding hydrogens is 1130 g/mol. The lowest BCUT2D eigenvalue weighted by molar-refractivity contribution is -0.202. The Morgan fingerprint density at radius 2 is 1.22 bits per heavy atom. The van der Waals surface area contributed by atoms with E-state index < -0.39 is 161 Å². The highest BCUT2D eigenvalue weighted by atomic mass is 35.5. The molecule has 1 heterocycles. The number of carbonyl (C=O) groups excluding carboxylic acids is 1. The van der Waals surface area contributed by atoms with Gasteiger partial charge in [0.25, 0.3) is 40.5 Å². The summed E-state index contributed by atoms with van der Waals surface area (Å²) in [7, 11) is -31.2. The van der Waals surface area contributed by atoms with E-state index in [4.69, 9.17) is 27.6 Å². The molecule has 1 aromatic heterocycles. The van der Waals surface area contributed by atoms with Crippen LogP contribution < -0.4 is 22.1 Å². The number of aromatic hydroxyl groups is 1. The summed E-state index contributed by atoms with van der Waals surface area (Å²) in [6.45, 7) is -0.817. The standard InChI is InChI=1S/C34H28ClN11O21S6/c35-32-40-33(38-17-4-6-19(7-5-17)68(49,50)9-8-66-67-73(63,64)65)42-34(41-32)39-20-13-21(23(70(54,55)56)14-22(20)69(51,52)53)44-46-29-25(72(60,61)62)12-16-11-24(71(57,58)59)28(27(36)26(16)30(29)47)45-43-18-3-1-2-15(10-18)31(37)48/h1-7,10-14,47H,8-9,36H2,(H2,37,48)(H,51,52,53)(H,54,55,56)(H,57,58,59)(H,60,61,62)(H,63,64,65)(H2,38,39,40,41,42)/b45-43+,46-44+. The molecule has 6 aromatic rings. The molecule has 0 saturated carbocycles. The van der Waals surface area contributed by atoms with Crippen LogP contribution in [-0.4, -0.2) is 112 Å². The summed E-state index contributed by atoms with van der Waals surface area (Å²) in [6.07, 6.45) is 0. The molecule has 0 aliphatic rings. The SMILES string of the molecule is NC(=O)c1cccc(/N=N/c2c(S(=O)(=O)O)cc3cc(S(=O)(=O)O)c(/N=N/c4cc(Nc5nc(Cl)nc(Nc6ccc(S(=O)(=O)CCOOS(=O)(=O)O)cc6)n5)c(S(=O)(=O)O)cc4S(=O)(=O)O)c(O)c3c2N)c1. The number of aromatic nitrogens is 3. The first kappa shape index (κ1) is 55.3. The normalized spacial score (nSPS) is 13.0. The third kappa shape index (κ3) is 13.5. The van der Waals surface area contributed by atoms with E-state index in [0.717, 1.165) is 18.2 Å². The van der Waals surface area contributed by atoms with Crippen LogP contribution in [0.4, 0.5) is 51.7 Å². The smallest absolute Gasteiger partial charge is 0.424 e. The zero-order valence-corrected chi connectivity index (χ0v) is 40.9. The lowest BCUT2D eigenvalue weighted by atomic mass is 10.1. The second-order valence-corrected chi connectivity index (χ2v) is 23.0. The van der Waals surface area contributed by atoms with Crippen molar-refractivity contribution >= 4 is 141 Å². The molecule has 6 rings (SSSR count). The fraction of sp³-hybridized carbons (Fsp3) is 0.0588. The number of carbonyl (C=O) groups is 1. The monoisotopic (exact) mass is 1150 g/mol. The number of hydrogen-bond acceptors (Lipinski definition) is 26. The molecule has 32 nitrogen and oxygen atoms in total. The number of primary amides is 1. The van der Waals surface area contributed by atoms with Gasteiger partial charge in [-0.2, -0.15) is 62.2 Å².